The van der Waals surface area contributed by atoms with Crippen molar-refractivity contribution in [2.45, 2.75) is 80.6 Å². The van der Waals surface area contributed by atoms with Crippen LogP contribution in [0.5, 0.6) is 11.5 Å². The van der Waals surface area contributed by atoms with Gasteiger partial charge in [-0.1, -0.05) is 77.1 Å². The van der Waals surface area contributed by atoms with Crippen LogP contribution < -0.4 is 10.2 Å². The van der Waals surface area contributed by atoms with E-state index in [1.54, 1.807) is 29.3 Å². The zero-order valence-electron chi connectivity index (χ0n) is 36.3. The number of allylic oxidation sites excluding steroid dienone is 2. The number of carbonyl (C=O) groups is 2. The van der Waals surface area contributed by atoms with E-state index >= 15 is 0 Å². The number of hydrogen-bond donors (Lipinski definition) is 3. The number of amides is 1. The van der Waals surface area contributed by atoms with Crippen LogP contribution in [0, 0.1) is 6.92 Å². The second-order valence-electron chi connectivity index (χ2n) is 12.7. The van der Waals surface area contributed by atoms with Crippen LogP contribution in [0.2, 0.25) is 0 Å². The van der Waals surface area contributed by atoms with Crippen molar-refractivity contribution in [2.24, 2.45) is 0 Å². The molecule has 1 aliphatic heterocycles. The number of carbonyl (C=O) groups excluding carboxylic acids is 2. The number of aromatic nitrogens is 2. The fourth-order valence-corrected chi connectivity index (χ4v) is 5.63. The number of halogens is 2. The predicted octanol–water partition coefficient (Wildman–Crippen LogP) is 12.4. The highest BCUT2D eigenvalue weighted by atomic mass is 35.5. The van der Waals surface area contributed by atoms with Crippen LogP contribution in [0.1, 0.15) is 99.2 Å². The summed E-state index contributed by atoms with van der Waals surface area (Å²) in [5.41, 5.74) is 8.11. The molecule has 9 nitrogen and oxygen atoms in total. The van der Waals surface area contributed by atoms with Crippen molar-refractivity contribution in [3.63, 3.8) is 0 Å². The molecule has 0 spiro atoms. The summed E-state index contributed by atoms with van der Waals surface area (Å²) in [4.78, 5) is 29.5. The van der Waals surface area contributed by atoms with Crippen LogP contribution in [-0.4, -0.2) is 71.4 Å². The van der Waals surface area contributed by atoms with Crippen LogP contribution in [0.15, 0.2) is 97.4 Å². The molecule has 3 heterocycles. The van der Waals surface area contributed by atoms with E-state index in [-0.39, 0.29) is 17.4 Å². The van der Waals surface area contributed by atoms with E-state index in [4.69, 9.17) is 9.84 Å². The standard InChI is InChI=1S/C22H20N4O2.C8H14.C7H6O2.C6H14O.C2H6.2CH3Cl/c1-13-4-3-5-16-19(27)10-18-15(21(13)16)8-9-26(18)22(28)17-12-25-11-14(23-2)6-7-20(25)24-17;1-5-8(4)6-7(2)3;8-5-6-1-3-7(9)4-2-6;1-3-5-7-6-4-2;3*1-2/h3-7,10-12,23,27H,8-9H2,1-2H3;2,4-6H2,1,3H3;1-5,9H;3-6H2,1-2H3;1-2H3;2*1H3. The maximum Gasteiger partial charge on any atom is 0.278 e. The molecule has 0 saturated heterocycles. The number of benzene rings is 3. The Morgan fingerprint density at radius 3 is 2.09 bits per heavy atom. The van der Waals surface area contributed by atoms with Gasteiger partial charge in [0.2, 0.25) is 0 Å². The molecule has 1 aliphatic rings. The Kier molecular flexibility index (Phi) is 27.8. The van der Waals surface area contributed by atoms with Crippen molar-refractivity contribution in [1.82, 2.24) is 9.38 Å². The molecule has 0 radical (unpaired) electrons. The van der Waals surface area contributed by atoms with Gasteiger partial charge in [0.05, 0.1) is 11.4 Å². The minimum atomic E-state index is -0.152. The van der Waals surface area contributed by atoms with E-state index in [1.165, 1.54) is 36.0 Å². The van der Waals surface area contributed by atoms with Gasteiger partial charge in [0.1, 0.15) is 29.1 Å². The molecule has 1 amide bonds. The number of aryl methyl sites for hydroxylation is 1. The van der Waals surface area contributed by atoms with Crippen LogP contribution in [0.4, 0.5) is 11.4 Å². The maximum absolute atomic E-state index is 13.2. The molecule has 0 saturated carbocycles. The first-order valence-electron chi connectivity index (χ1n) is 19.6. The highest BCUT2D eigenvalue weighted by Crippen LogP contribution is 2.41. The number of rotatable bonds is 10. The Morgan fingerprint density at radius 2 is 1.57 bits per heavy atom. The Bertz CT molecular complexity index is 1970. The molecule has 0 atom stereocenters. The second-order valence-corrected chi connectivity index (χ2v) is 12.7. The van der Waals surface area contributed by atoms with Crippen molar-refractivity contribution in [3.05, 3.63) is 120 Å². The van der Waals surface area contributed by atoms with Crippen LogP contribution >= 0.6 is 23.2 Å². The van der Waals surface area contributed by atoms with Crippen molar-refractivity contribution in [3.8, 4) is 11.5 Å². The molecular formula is C47H66Cl2N4O5. The number of aldehydes is 1. The molecule has 3 aromatic carbocycles. The Morgan fingerprint density at radius 1 is 0.948 bits per heavy atom. The van der Waals surface area contributed by atoms with Gasteiger partial charge in [-0.05, 0) is 98.9 Å². The number of phenolic OH excluding ortho intramolecular Hbond substituents is 2. The summed E-state index contributed by atoms with van der Waals surface area (Å²) in [7, 11) is 1.85. The van der Waals surface area contributed by atoms with Crippen molar-refractivity contribution < 1.29 is 24.5 Å². The number of fused-ring (bicyclic) bond motifs is 4. The first-order valence-corrected chi connectivity index (χ1v) is 21.1. The first-order chi connectivity index (χ1) is 28.0. The van der Waals surface area contributed by atoms with Gasteiger partial charge in [0.15, 0.2) is 0 Å². The van der Waals surface area contributed by atoms with Crippen LogP contribution in [0.3, 0.4) is 0 Å². The third-order valence-electron chi connectivity index (χ3n) is 8.29. The van der Waals surface area contributed by atoms with Gasteiger partial charge in [0, 0.05) is 69.0 Å². The second kappa shape index (κ2) is 30.3. The summed E-state index contributed by atoms with van der Waals surface area (Å²) in [5, 5.41) is 24.2. The average Bonchev–Trinajstić information content (AvgIpc) is 3.88. The molecule has 3 N–H and O–H groups in total. The number of hydrogen-bond acceptors (Lipinski definition) is 7. The normalized spacial score (nSPS) is 10.4. The van der Waals surface area contributed by atoms with E-state index in [9.17, 15) is 14.7 Å². The molecule has 0 aliphatic carbocycles. The van der Waals surface area contributed by atoms with E-state index in [1.807, 2.05) is 75.7 Å². The zero-order valence-corrected chi connectivity index (χ0v) is 37.8. The molecule has 0 unspecified atom stereocenters. The smallest absolute Gasteiger partial charge is 0.278 e. The summed E-state index contributed by atoms with van der Waals surface area (Å²) < 4.78 is 6.98. The van der Waals surface area contributed by atoms with Gasteiger partial charge in [-0.15, -0.1) is 23.2 Å². The first kappa shape index (κ1) is 53.2. The Balaban J connectivity index is 0.000000890. The van der Waals surface area contributed by atoms with E-state index in [0.29, 0.717) is 17.8 Å². The predicted molar refractivity (Wildman–Crippen MR) is 249 cm³/mol. The van der Waals surface area contributed by atoms with Crippen molar-refractivity contribution in [1.29, 1.82) is 0 Å². The van der Waals surface area contributed by atoms with Crippen molar-refractivity contribution >= 4 is 63.2 Å². The molecule has 2 aromatic heterocycles. The van der Waals surface area contributed by atoms with Gasteiger partial charge in [-0.25, -0.2) is 4.98 Å². The number of ether oxygens (including phenoxy) is 1. The number of imidazole rings is 1. The lowest BCUT2D eigenvalue weighted by Crippen LogP contribution is -2.29. The molecule has 318 valence electrons. The molecular weight excluding hydrogens is 771 g/mol. The number of aromatic hydroxyl groups is 2. The number of alkyl halides is 2. The molecule has 0 bridgehead atoms. The summed E-state index contributed by atoms with van der Waals surface area (Å²) in [6.07, 6.45) is 12.4. The fraction of sp³-hybridized carbons (Fsp3) is 0.383. The lowest BCUT2D eigenvalue weighted by molar-refractivity contribution is 0.0984. The largest absolute Gasteiger partial charge is 0.508 e. The Labute approximate surface area is 357 Å². The number of pyridine rings is 1. The van der Waals surface area contributed by atoms with Gasteiger partial charge in [-0.3, -0.25) is 9.59 Å². The topological polar surface area (TPSA) is 116 Å². The monoisotopic (exact) mass is 836 g/mol. The summed E-state index contributed by atoms with van der Waals surface area (Å²) >= 11 is 9.28. The minimum Gasteiger partial charge on any atom is -0.508 e. The van der Waals surface area contributed by atoms with Gasteiger partial charge >= 0.3 is 0 Å². The highest BCUT2D eigenvalue weighted by molar-refractivity contribution is 6.15. The van der Waals surface area contributed by atoms with Crippen LogP contribution in [0.25, 0.3) is 16.4 Å². The number of nitrogens with one attached hydrogen (secondary N) is 1. The van der Waals surface area contributed by atoms with Gasteiger partial charge in [-0.2, -0.15) is 0 Å². The van der Waals surface area contributed by atoms with E-state index < -0.39 is 0 Å². The van der Waals surface area contributed by atoms with Crippen molar-refractivity contribution in [2.75, 3.05) is 49.8 Å². The highest BCUT2D eigenvalue weighted by Gasteiger charge is 2.30. The lowest BCUT2D eigenvalue weighted by Gasteiger charge is -2.17. The number of phenols is 2. The summed E-state index contributed by atoms with van der Waals surface area (Å²) in [5.74, 6) is 0.229. The van der Waals surface area contributed by atoms with E-state index in [2.05, 4.69) is 67.4 Å². The average molecular weight is 838 g/mol. The molecule has 0 fully saturated rings. The third kappa shape index (κ3) is 16.9. The Hall–Kier alpha value is -4.83. The third-order valence-corrected chi connectivity index (χ3v) is 8.29. The SMILES string of the molecule is C=C(C)CC(=C)CC.CC.CCCOCCC.CCl.CCl.CNc1ccc2nc(C(=O)N3CCc4c3cc(O)c3cccc(C)c43)cn2c1.O=Cc1ccc(O)cc1. The fourth-order valence-electron chi connectivity index (χ4n) is 5.63. The summed E-state index contributed by atoms with van der Waals surface area (Å²) in [6, 6.07) is 17.5. The summed E-state index contributed by atoms with van der Waals surface area (Å²) in [6.45, 7) is 24.5. The number of anilines is 2. The molecule has 11 heteroatoms. The van der Waals surface area contributed by atoms with Gasteiger partial charge < -0.3 is 29.6 Å². The molecule has 58 heavy (non-hydrogen) atoms. The van der Waals surface area contributed by atoms with Gasteiger partial charge in [0.25, 0.3) is 5.91 Å². The lowest BCUT2D eigenvalue weighted by atomic mass is 9.97. The quantitative estimate of drug-likeness (QED) is 0.0555. The molecule has 5 aromatic rings. The van der Waals surface area contributed by atoms with Crippen LogP contribution in [-0.2, 0) is 11.2 Å². The zero-order chi connectivity index (χ0) is 44.2. The van der Waals surface area contributed by atoms with E-state index in [0.717, 1.165) is 90.5 Å². The maximum atomic E-state index is 13.2. The molecule has 6 rings (SSSR count). The number of nitrogens with zero attached hydrogens (tertiary/aromatic N) is 3. The minimum absolute atomic E-state index is 0.152.